The molecule has 3 rings (SSSR count). The molecule has 30 heavy (non-hydrogen) atoms. The largest absolute Gasteiger partial charge is 0.337 e. The summed E-state index contributed by atoms with van der Waals surface area (Å²) in [5.74, 6) is -0.133. The molecule has 8 heteroatoms. The van der Waals surface area contributed by atoms with Crippen LogP contribution in [0.1, 0.15) is 37.6 Å². The molecule has 0 bridgehead atoms. The lowest BCUT2D eigenvalue weighted by Crippen LogP contribution is -2.44. The number of carbonyl (C=O) groups is 1. The Bertz CT molecular complexity index is 1000. The first-order chi connectivity index (χ1) is 14.1. The zero-order valence-corrected chi connectivity index (χ0v) is 20.0. The number of amides is 1. The van der Waals surface area contributed by atoms with Crippen LogP contribution in [-0.4, -0.2) is 55.8 Å². The molecule has 0 atom stereocenters. The summed E-state index contributed by atoms with van der Waals surface area (Å²) < 4.78 is 29.0. The maximum Gasteiger partial charge on any atom is 0.261 e. The normalized spacial score (nSPS) is 16.2. The third kappa shape index (κ3) is 5.62. The van der Waals surface area contributed by atoms with Gasteiger partial charge in [0.1, 0.15) is 0 Å². The smallest absolute Gasteiger partial charge is 0.261 e. The summed E-state index contributed by atoms with van der Waals surface area (Å²) in [4.78, 5) is 17.3. The van der Waals surface area contributed by atoms with Gasteiger partial charge in [-0.05, 0) is 69.7 Å². The predicted molar refractivity (Wildman–Crippen MR) is 123 cm³/mol. The van der Waals surface area contributed by atoms with Gasteiger partial charge in [0.05, 0.1) is 4.90 Å². The topological polar surface area (TPSA) is 69.7 Å². The highest BCUT2D eigenvalue weighted by Gasteiger charge is 2.27. The van der Waals surface area contributed by atoms with Crippen molar-refractivity contribution in [2.45, 2.75) is 37.6 Å². The molecule has 2 aromatic rings. The van der Waals surface area contributed by atoms with Crippen LogP contribution < -0.4 is 4.72 Å². The molecule has 1 heterocycles. The van der Waals surface area contributed by atoms with E-state index in [1.807, 2.05) is 4.90 Å². The van der Waals surface area contributed by atoms with E-state index < -0.39 is 10.0 Å². The predicted octanol–water partition coefficient (Wildman–Crippen LogP) is 4.20. The number of benzene rings is 2. The second-order valence-corrected chi connectivity index (χ2v) is 11.0. The quantitative estimate of drug-likeness (QED) is 0.692. The molecule has 0 radical (unpaired) electrons. The molecular weight excluding hydrogens is 466 g/mol. The summed E-state index contributed by atoms with van der Waals surface area (Å²) in [6, 6.07) is 13.1. The fraction of sp³-hybridized carbons (Fsp3) is 0.409. The SMILES string of the molecule is CC(C)(C)N1CCCN(C(=O)c2cccc(S(=O)(=O)Nc3ccc(Br)cc3)c2)CC1. The van der Waals surface area contributed by atoms with Crippen LogP contribution >= 0.6 is 15.9 Å². The van der Waals surface area contributed by atoms with Gasteiger partial charge >= 0.3 is 0 Å². The van der Waals surface area contributed by atoms with E-state index >= 15 is 0 Å². The van der Waals surface area contributed by atoms with Gasteiger partial charge in [0.2, 0.25) is 0 Å². The number of hydrogen-bond acceptors (Lipinski definition) is 4. The minimum Gasteiger partial charge on any atom is -0.337 e. The Labute approximate surface area is 187 Å². The van der Waals surface area contributed by atoms with Crippen LogP contribution in [0.2, 0.25) is 0 Å². The number of nitrogens with one attached hydrogen (secondary N) is 1. The van der Waals surface area contributed by atoms with Crippen molar-refractivity contribution in [1.29, 1.82) is 0 Å². The fourth-order valence-corrected chi connectivity index (χ4v) is 4.87. The summed E-state index contributed by atoms with van der Waals surface area (Å²) in [6.45, 7) is 9.58. The lowest BCUT2D eigenvalue weighted by molar-refractivity contribution is 0.0749. The molecule has 0 aromatic heterocycles. The molecule has 1 saturated heterocycles. The maximum absolute atomic E-state index is 13.1. The van der Waals surface area contributed by atoms with Crippen LogP contribution in [0.25, 0.3) is 0 Å². The van der Waals surface area contributed by atoms with Gasteiger partial charge in [-0.25, -0.2) is 8.42 Å². The monoisotopic (exact) mass is 493 g/mol. The molecule has 6 nitrogen and oxygen atoms in total. The number of rotatable bonds is 4. The van der Waals surface area contributed by atoms with Gasteiger partial charge in [0, 0.05) is 47.4 Å². The molecule has 1 N–H and O–H groups in total. The first kappa shape index (κ1) is 22.8. The molecule has 2 aromatic carbocycles. The Hall–Kier alpha value is -1.90. The van der Waals surface area contributed by atoms with Crippen LogP contribution in [0, 0.1) is 0 Å². The van der Waals surface area contributed by atoms with Gasteiger partial charge in [-0.2, -0.15) is 0 Å². The zero-order valence-electron chi connectivity index (χ0n) is 17.6. The second kappa shape index (κ2) is 9.08. The minimum absolute atomic E-state index is 0.0613. The van der Waals surface area contributed by atoms with E-state index in [0.717, 1.165) is 24.0 Å². The van der Waals surface area contributed by atoms with Crippen LogP contribution in [0.5, 0.6) is 0 Å². The standard InChI is InChI=1S/C22H28BrN3O3S/c1-22(2,3)26-13-5-12-25(14-15-26)21(27)17-6-4-7-20(16-17)30(28,29)24-19-10-8-18(23)9-11-19/h4,6-11,16,24H,5,12-15H2,1-3H3. The maximum atomic E-state index is 13.1. The van der Waals surface area contributed by atoms with Crippen molar-refractivity contribution in [3.8, 4) is 0 Å². The Morgan fingerprint density at radius 3 is 2.37 bits per heavy atom. The van der Waals surface area contributed by atoms with Crippen molar-refractivity contribution < 1.29 is 13.2 Å². The van der Waals surface area contributed by atoms with Gasteiger partial charge in [0.15, 0.2) is 0 Å². The van der Waals surface area contributed by atoms with E-state index in [0.29, 0.717) is 24.3 Å². The summed E-state index contributed by atoms with van der Waals surface area (Å²) in [7, 11) is -3.79. The molecule has 162 valence electrons. The lowest BCUT2D eigenvalue weighted by atomic mass is 10.1. The number of halogens is 1. The fourth-order valence-electron chi connectivity index (χ4n) is 3.50. The Morgan fingerprint density at radius 1 is 1.00 bits per heavy atom. The van der Waals surface area contributed by atoms with Crippen molar-refractivity contribution in [3.05, 3.63) is 58.6 Å². The number of carbonyl (C=O) groups excluding carboxylic acids is 1. The second-order valence-electron chi connectivity index (χ2n) is 8.44. The van der Waals surface area contributed by atoms with E-state index in [2.05, 4.69) is 46.3 Å². The summed E-state index contributed by atoms with van der Waals surface area (Å²) in [5, 5.41) is 0. The highest BCUT2D eigenvalue weighted by Crippen LogP contribution is 2.21. The summed E-state index contributed by atoms with van der Waals surface area (Å²) in [5.41, 5.74) is 0.911. The highest BCUT2D eigenvalue weighted by molar-refractivity contribution is 9.10. The first-order valence-corrected chi connectivity index (χ1v) is 12.3. The summed E-state index contributed by atoms with van der Waals surface area (Å²) in [6.07, 6.45) is 0.895. The number of hydrogen-bond donors (Lipinski definition) is 1. The lowest BCUT2D eigenvalue weighted by Gasteiger charge is -2.34. The van der Waals surface area contributed by atoms with E-state index in [9.17, 15) is 13.2 Å². The number of anilines is 1. The van der Waals surface area contributed by atoms with Gasteiger partial charge in [0.25, 0.3) is 15.9 Å². The van der Waals surface area contributed by atoms with Crippen molar-refractivity contribution in [1.82, 2.24) is 9.80 Å². The molecule has 1 aliphatic rings. The number of sulfonamides is 1. The van der Waals surface area contributed by atoms with Crippen molar-refractivity contribution in [3.63, 3.8) is 0 Å². The van der Waals surface area contributed by atoms with Crippen LogP contribution in [-0.2, 0) is 10.0 Å². The molecule has 1 fully saturated rings. The van der Waals surface area contributed by atoms with E-state index in [1.54, 1.807) is 36.4 Å². The van der Waals surface area contributed by atoms with Gasteiger partial charge in [-0.15, -0.1) is 0 Å². The molecule has 0 unspecified atom stereocenters. The third-order valence-electron chi connectivity index (χ3n) is 5.22. The van der Waals surface area contributed by atoms with Crippen LogP contribution in [0.3, 0.4) is 0 Å². The van der Waals surface area contributed by atoms with Crippen LogP contribution in [0.4, 0.5) is 5.69 Å². The number of nitrogens with zero attached hydrogens (tertiary/aromatic N) is 2. The molecule has 1 aliphatic heterocycles. The van der Waals surface area contributed by atoms with Gasteiger partial charge in [-0.1, -0.05) is 22.0 Å². The molecule has 0 aliphatic carbocycles. The van der Waals surface area contributed by atoms with Crippen molar-refractivity contribution >= 4 is 37.5 Å². The van der Waals surface area contributed by atoms with Crippen molar-refractivity contribution in [2.75, 3.05) is 30.9 Å². The third-order valence-corrected chi connectivity index (χ3v) is 7.13. The van der Waals surface area contributed by atoms with Crippen LogP contribution in [0.15, 0.2) is 57.9 Å². The van der Waals surface area contributed by atoms with E-state index in [-0.39, 0.29) is 16.3 Å². The summed E-state index contributed by atoms with van der Waals surface area (Å²) >= 11 is 3.33. The highest BCUT2D eigenvalue weighted by atomic mass is 79.9. The Balaban J connectivity index is 1.76. The molecular formula is C22H28BrN3O3S. The molecule has 0 spiro atoms. The van der Waals surface area contributed by atoms with Gasteiger partial charge < -0.3 is 4.90 Å². The Kier molecular flexibility index (Phi) is 6.89. The van der Waals surface area contributed by atoms with Crippen molar-refractivity contribution in [2.24, 2.45) is 0 Å². The average Bonchev–Trinajstić information content (AvgIpc) is 2.95. The molecule has 0 saturated carbocycles. The zero-order chi connectivity index (χ0) is 21.9. The van der Waals surface area contributed by atoms with Gasteiger partial charge in [-0.3, -0.25) is 14.4 Å². The average molecular weight is 494 g/mol. The Morgan fingerprint density at radius 2 is 1.70 bits per heavy atom. The van der Waals surface area contributed by atoms with E-state index in [4.69, 9.17) is 0 Å². The first-order valence-electron chi connectivity index (χ1n) is 9.99. The van der Waals surface area contributed by atoms with E-state index in [1.165, 1.54) is 12.1 Å². The minimum atomic E-state index is -3.79. The molecule has 1 amide bonds.